The fourth-order valence-corrected chi connectivity index (χ4v) is 5.37. The van der Waals surface area contributed by atoms with Crippen molar-refractivity contribution in [2.45, 2.75) is 37.6 Å². The molecule has 6 nitrogen and oxygen atoms in total. The van der Waals surface area contributed by atoms with Gasteiger partial charge in [0.05, 0.1) is 17.5 Å². The summed E-state index contributed by atoms with van der Waals surface area (Å²) in [7, 11) is -0.506. The van der Waals surface area contributed by atoms with Crippen molar-refractivity contribution < 1.29 is 13.2 Å². The van der Waals surface area contributed by atoms with Gasteiger partial charge >= 0.3 is 0 Å². The van der Waals surface area contributed by atoms with E-state index in [-0.39, 0.29) is 23.4 Å². The molecule has 2 aromatic rings. The summed E-state index contributed by atoms with van der Waals surface area (Å²) in [4.78, 5) is 16.2. The second-order valence-electron chi connectivity index (χ2n) is 7.31. The Morgan fingerprint density at radius 1 is 1.32 bits per heavy atom. The van der Waals surface area contributed by atoms with Gasteiger partial charge in [0.2, 0.25) is 15.9 Å². The number of amides is 1. The van der Waals surface area contributed by atoms with E-state index in [2.05, 4.69) is 11.4 Å². The predicted molar refractivity (Wildman–Crippen MR) is 113 cm³/mol. The summed E-state index contributed by atoms with van der Waals surface area (Å²) in [6.07, 6.45) is 1.99. The van der Waals surface area contributed by atoms with E-state index in [1.165, 1.54) is 23.3 Å². The summed E-state index contributed by atoms with van der Waals surface area (Å²) < 4.78 is 26.2. The number of sulfonamides is 1. The third kappa shape index (κ3) is 4.09. The summed E-state index contributed by atoms with van der Waals surface area (Å²) in [5.41, 5.74) is 2.50. The van der Waals surface area contributed by atoms with Gasteiger partial charge < -0.3 is 10.2 Å². The van der Waals surface area contributed by atoms with Gasteiger partial charge in [0.25, 0.3) is 0 Å². The Hall–Kier alpha value is -1.90. The normalized spacial score (nSPS) is 17.3. The molecule has 1 N–H and O–H groups in total. The number of rotatable bonds is 6. The summed E-state index contributed by atoms with van der Waals surface area (Å²) in [5, 5.41) is 5.22. The smallest absolute Gasteiger partial charge is 0.242 e. The van der Waals surface area contributed by atoms with Crippen LogP contribution in [0.1, 0.15) is 34.9 Å². The molecule has 1 atom stereocenters. The van der Waals surface area contributed by atoms with Gasteiger partial charge in [-0.15, -0.1) is 11.3 Å². The highest BCUT2D eigenvalue weighted by atomic mass is 32.2. The largest absolute Gasteiger partial charge is 0.376 e. The van der Waals surface area contributed by atoms with E-state index in [1.54, 1.807) is 23.5 Å². The Kier molecular flexibility index (Phi) is 6.12. The zero-order chi connectivity index (χ0) is 20.5. The molecule has 1 aliphatic heterocycles. The number of hydrogen-bond donors (Lipinski definition) is 1. The SMILES string of the molecule is Cc1cc(S(=O)(=O)N(C)C)cc(NCC(=O)N2CCCC2c2cccs2)c1C. The Morgan fingerprint density at radius 3 is 2.71 bits per heavy atom. The van der Waals surface area contributed by atoms with E-state index in [0.717, 1.165) is 30.5 Å². The lowest BCUT2D eigenvalue weighted by Crippen LogP contribution is -2.35. The molecule has 1 aromatic heterocycles. The molecule has 2 heterocycles. The van der Waals surface area contributed by atoms with Crippen LogP contribution in [-0.2, 0) is 14.8 Å². The molecule has 0 aliphatic carbocycles. The van der Waals surface area contributed by atoms with Crippen LogP contribution in [0.5, 0.6) is 0 Å². The quantitative estimate of drug-likeness (QED) is 0.776. The lowest BCUT2D eigenvalue weighted by Gasteiger charge is -2.25. The highest BCUT2D eigenvalue weighted by Crippen LogP contribution is 2.34. The number of nitrogens with one attached hydrogen (secondary N) is 1. The van der Waals surface area contributed by atoms with E-state index in [1.807, 2.05) is 30.2 Å². The maximum atomic E-state index is 12.9. The van der Waals surface area contributed by atoms with Crippen molar-refractivity contribution in [3.8, 4) is 0 Å². The monoisotopic (exact) mass is 421 g/mol. The Balaban J connectivity index is 1.77. The average Bonchev–Trinajstić information content (AvgIpc) is 3.33. The van der Waals surface area contributed by atoms with Crippen molar-refractivity contribution in [2.24, 2.45) is 0 Å². The van der Waals surface area contributed by atoms with E-state index in [9.17, 15) is 13.2 Å². The third-order valence-corrected chi connectivity index (χ3v) is 8.06. The second kappa shape index (κ2) is 8.23. The van der Waals surface area contributed by atoms with Crippen LogP contribution in [0.25, 0.3) is 0 Å². The molecule has 0 saturated carbocycles. The van der Waals surface area contributed by atoms with Crippen LogP contribution in [0.4, 0.5) is 5.69 Å². The van der Waals surface area contributed by atoms with Gasteiger partial charge in [0.15, 0.2) is 0 Å². The average molecular weight is 422 g/mol. The maximum absolute atomic E-state index is 12.9. The van der Waals surface area contributed by atoms with E-state index in [4.69, 9.17) is 0 Å². The van der Waals surface area contributed by atoms with Crippen molar-refractivity contribution in [3.63, 3.8) is 0 Å². The van der Waals surface area contributed by atoms with Crippen LogP contribution in [0.3, 0.4) is 0 Å². The van der Waals surface area contributed by atoms with Crippen molar-refractivity contribution in [2.75, 3.05) is 32.5 Å². The molecule has 1 amide bonds. The van der Waals surface area contributed by atoms with Crippen LogP contribution in [-0.4, -0.2) is 50.7 Å². The van der Waals surface area contributed by atoms with Crippen LogP contribution < -0.4 is 5.32 Å². The number of aryl methyl sites for hydroxylation is 1. The van der Waals surface area contributed by atoms with E-state index >= 15 is 0 Å². The lowest BCUT2D eigenvalue weighted by atomic mass is 10.1. The van der Waals surface area contributed by atoms with Crippen molar-refractivity contribution >= 4 is 33.0 Å². The molecule has 1 aromatic carbocycles. The number of carbonyl (C=O) groups is 1. The van der Waals surface area contributed by atoms with Crippen molar-refractivity contribution in [1.82, 2.24) is 9.21 Å². The van der Waals surface area contributed by atoms with Crippen LogP contribution in [0.2, 0.25) is 0 Å². The molecule has 1 fully saturated rings. The zero-order valence-electron chi connectivity index (χ0n) is 16.7. The summed E-state index contributed by atoms with van der Waals surface area (Å²) in [5.74, 6) is 0.0359. The fourth-order valence-electron chi connectivity index (χ4n) is 3.48. The van der Waals surface area contributed by atoms with E-state index in [0.29, 0.717) is 5.69 Å². The number of thiophene rings is 1. The van der Waals surface area contributed by atoms with Gasteiger partial charge in [0.1, 0.15) is 0 Å². The van der Waals surface area contributed by atoms with Gasteiger partial charge in [-0.25, -0.2) is 12.7 Å². The van der Waals surface area contributed by atoms with Crippen molar-refractivity contribution in [1.29, 1.82) is 0 Å². The fraction of sp³-hybridized carbons (Fsp3) is 0.450. The molecular formula is C20H27N3O3S2. The third-order valence-electron chi connectivity index (χ3n) is 5.29. The van der Waals surface area contributed by atoms with Gasteiger partial charge in [-0.2, -0.15) is 0 Å². The molecular weight excluding hydrogens is 394 g/mol. The number of benzene rings is 1. The summed E-state index contributed by atoms with van der Waals surface area (Å²) in [6, 6.07) is 7.54. The zero-order valence-corrected chi connectivity index (χ0v) is 18.4. The number of nitrogens with zero attached hydrogens (tertiary/aromatic N) is 2. The van der Waals surface area contributed by atoms with Gasteiger partial charge in [0, 0.05) is 31.2 Å². The Morgan fingerprint density at radius 2 is 2.07 bits per heavy atom. The molecule has 3 rings (SSSR count). The number of anilines is 1. The summed E-state index contributed by atoms with van der Waals surface area (Å²) in [6.45, 7) is 4.71. The minimum atomic E-state index is -3.53. The van der Waals surface area contributed by atoms with E-state index < -0.39 is 10.0 Å². The molecule has 152 valence electrons. The second-order valence-corrected chi connectivity index (χ2v) is 10.4. The Labute approximate surface area is 171 Å². The minimum Gasteiger partial charge on any atom is -0.376 e. The summed E-state index contributed by atoms with van der Waals surface area (Å²) >= 11 is 1.68. The molecule has 0 radical (unpaired) electrons. The maximum Gasteiger partial charge on any atom is 0.242 e. The molecule has 1 aliphatic rings. The molecule has 1 saturated heterocycles. The van der Waals surface area contributed by atoms with Crippen molar-refractivity contribution in [3.05, 3.63) is 45.6 Å². The van der Waals surface area contributed by atoms with Gasteiger partial charge in [-0.05, 0) is 61.4 Å². The Bertz CT molecular complexity index is 953. The first kappa shape index (κ1) is 20.8. The molecule has 0 spiro atoms. The number of likely N-dealkylation sites (tertiary alicyclic amines) is 1. The topological polar surface area (TPSA) is 69.7 Å². The van der Waals surface area contributed by atoms with Crippen LogP contribution >= 0.6 is 11.3 Å². The molecule has 8 heteroatoms. The van der Waals surface area contributed by atoms with Gasteiger partial charge in [-0.1, -0.05) is 6.07 Å². The standard InChI is InChI=1S/C20H27N3O3S2/c1-14-11-16(28(25,26)22(3)4)12-17(15(14)2)21-13-20(24)23-9-5-7-18(23)19-8-6-10-27-19/h6,8,10-12,18,21H,5,7,9,13H2,1-4H3. The number of hydrogen-bond acceptors (Lipinski definition) is 5. The first-order valence-electron chi connectivity index (χ1n) is 9.32. The first-order chi connectivity index (χ1) is 13.2. The van der Waals surface area contributed by atoms with Crippen LogP contribution in [0.15, 0.2) is 34.5 Å². The number of carbonyl (C=O) groups excluding carboxylic acids is 1. The molecule has 1 unspecified atom stereocenters. The molecule has 28 heavy (non-hydrogen) atoms. The first-order valence-corrected chi connectivity index (χ1v) is 11.6. The predicted octanol–water partition coefficient (Wildman–Crippen LogP) is 3.39. The highest BCUT2D eigenvalue weighted by molar-refractivity contribution is 7.89. The lowest BCUT2D eigenvalue weighted by molar-refractivity contribution is -0.130. The highest BCUT2D eigenvalue weighted by Gasteiger charge is 2.30. The minimum absolute atomic E-state index is 0.0359. The van der Waals surface area contributed by atoms with Gasteiger partial charge in [-0.3, -0.25) is 4.79 Å². The van der Waals surface area contributed by atoms with Crippen LogP contribution in [0, 0.1) is 13.8 Å². The molecule has 0 bridgehead atoms.